The van der Waals surface area contributed by atoms with Crippen LogP contribution in [0.3, 0.4) is 0 Å². The molecule has 144 valence electrons. The summed E-state index contributed by atoms with van der Waals surface area (Å²) < 4.78 is 5.59. The van der Waals surface area contributed by atoms with Gasteiger partial charge in [-0.1, -0.05) is 32.0 Å². The lowest BCUT2D eigenvalue weighted by Crippen LogP contribution is -2.51. The Hall–Kier alpha value is -2.08. The minimum Gasteiger partial charge on any atom is -0.493 e. The van der Waals surface area contributed by atoms with Crippen LogP contribution < -0.4 is 4.74 Å². The number of nitrogens with zero attached hydrogens (tertiary/aromatic N) is 3. The number of rotatable bonds is 9. The van der Waals surface area contributed by atoms with Crippen molar-refractivity contribution in [3.8, 4) is 5.75 Å². The highest BCUT2D eigenvalue weighted by Crippen LogP contribution is 2.10. The number of carbonyl (C=O) groups excluding carboxylic acids is 2. The first-order valence-corrected chi connectivity index (χ1v) is 9.59. The van der Waals surface area contributed by atoms with Gasteiger partial charge in [0.1, 0.15) is 5.75 Å². The van der Waals surface area contributed by atoms with Crippen molar-refractivity contribution in [1.82, 2.24) is 14.7 Å². The third-order valence-electron chi connectivity index (χ3n) is 4.85. The molecular weight excluding hydrogens is 330 g/mol. The van der Waals surface area contributed by atoms with Crippen molar-refractivity contribution in [2.45, 2.75) is 26.7 Å². The predicted molar refractivity (Wildman–Crippen MR) is 102 cm³/mol. The van der Waals surface area contributed by atoms with E-state index in [4.69, 9.17) is 4.74 Å². The van der Waals surface area contributed by atoms with Gasteiger partial charge in [0.25, 0.3) is 0 Å². The average Bonchev–Trinajstić information content (AvgIpc) is 2.69. The molecule has 1 saturated heterocycles. The van der Waals surface area contributed by atoms with E-state index < -0.39 is 0 Å². The SMILES string of the molecule is CCN(CC)CCC(=O)N1CCN(C(=O)CCOc2ccccc2)CC1. The molecule has 0 atom stereocenters. The van der Waals surface area contributed by atoms with Crippen LogP contribution in [0.1, 0.15) is 26.7 Å². The molecule has 1 heterocycles. The van der Waals surface area contributed by atoms with Gasteiger partial charge in [-0.25, -0.2) is 0 Å². The lowest BCUT2D eigenvalue weighted by atomic mass is 10.2. The van der Waals surface area contributed by atoms with E-state index in [9.17, 15) is 9.59 Å². The Kier molecular flexibility index (Phi) is 8.41. The summed E-state index contributed by atoms with van der Waals surface area (Å²) in [5, 5.41) is 0. The van der Waals surface area contributed by atoms with Crippen molar-refractivity contribution in [2.75, 3.05) is 52.4 Å². The fraction of sp³-hybridized carbons (Fsp3) is 0.600. The minimum absolute atomic E-state index is 0.0937. The molecule has 0 bridgehead atoms. The minimum atomic E-state index is 0.0937. The van der Waals surface area contributed by atoms with Crippen LogP contribution in [0.25, 0.3) is 0 Å². The number of benzene rings is 1. The highest BCUT2D eigenvalue weighted by molar-refractivity contribution is 5.78. The van der Waals surface area contributed by atoms with E-state index in [1.165, 1.54) is 0 Å². The van der Waals surface area contributed by atoms with E-state index in [-0.39, 0.29) is 11.8 Å². The van der Waals surface area contributed by atoms with Crippen molar-refractivity contribution in [1.29, 1.82) is 0 Å². The van der Waals surface area contributed by atoms with E-state index in [0.29, 0.717) is 45.6 Å². The number of para-hydroxylation sites is 1. The summed E-state index contributed by atoms with van der Waals surface area (Å²) in [7, 11) is 0. The second-order valence-corrected chi connectivity index (χ2v) is 6.45. The normalized spacial score (nSPS) is 14.6. The number of ether oxygens (including phenoxy) is 1. The van der Waals surface area contributed by atoms with Crippen LogP contribution in [0.4, 0.5) is 0 Å². The summed E-state index contributed by atoms with van der Waals surface area (Å²) in [6, 6.07) is 9.52. The molecule has 0 aliphatic carbocycles. The summed E-state index contributed by atoms with van der Waals surface area (Å²) in [5.41, 5.74) is 0. The summed E-state index contributed by atoms with van der Waals surface area (Å²) in [6.07, 6.45) is 0.922. The summed E-state index contributed by atoms with van der Waals surface area (Å²) >= 11 is 0. The Morgan fingerprint density at radius 3 is 2.00 bits per heavy atom. The Bertz CT molecular complexity index is 553. The van der Waals surface area contributed by atoms with Crippen LogP contribution in [0.2, 0.25) is 0 Å². The van der Waals surface area contributed by atoms with Crippen LogP contribution >= 0.6 is 0 Å². The second kappa shape index (κ2) is 10.8. The molecule has 0 radical (unpaired) electrons. The van der Waals surface area contributed by atoms with Gasteiger partial charge in [0.05, 0.1) is 13.0 Å². The predicted octanol–water partition coefficient (Wildman–Crippen LogP) is 1.86. The van der Waals surface area contributed by atoms with Gasteiger partial charge < -0.3 is 19.4 Å². The molecule has 26 heavy (non-hydrogen) atoms. The highest BCUT2D eigenvalue weighted by atomic mass is 16.5. The summed E-state index contributed by atoms with van der Waals surface area (Å²) in [6.45, 7) is 9.83. The zero-order chi connectivity index (χ0) is 18.8. The Morgan fingerprint density at radius 2 is 1.46 bits per heavy atom. The third kappa shape index (κ3) is 6.33. The summed E-state index contributed by atoms with van der Waals surface area (Å²) in [4.78, 5) is 30.6. The topological polar surface area (TPSA) is 53.1 Å². The number of hydrogen-bond acceptors (Lipinski definition) is 4. The van der Waals surface area contributed by atoms with E-state index in [1.807, 2.05) is 40.1 Å². The molecule has 6 heteroatoms. The van der Waals surface area contributed by atoms with E-state index in [1.54, 1.807) is 0 Å². The van der Waals surface area contributed by atoms with Crippen LogP contribution in [-0.2, 0) is 9.59 Å². The second-order valence-electron chi connectivity index (χ2n) is 6.45. The number of hydrogen-bond donors (Lipinski definition) is 0. The summed E-state index contributed by atoms with van der Waals surface area (Å²) in [5.74, 6) is 1.07. The fourth-order valence-electron chi connectivity index (χ4n) is 3.09. The monoisotopic (exact) mass is 361 g/mol. The van der Waals surface area contributed by atoms with Crippen LogP contribution in [0.5, 0.6) is 5.75 Å². The van der Waals surface area contributed by atoms with Crippen molar-refractivity contribution in [3.05, 3.63) is 30.3 Å². The van der Waals surface area contributed by atoms with E-state index in [0.717, 1.165) is 25.4 Å². The van der Waals surface area contributed by atoms with Gasteiger partial charge in [0.15, 0.2) is 0 Å². The largest absolute Gasteiger partial charge is 0.493 e. The zero-order valence-corrected chi connectivity index (χ0v) is 16.0. The maximum absolute atomic E-state index is 12.3. The van der Waals surface area contributed by atoms with Gasteiger partial charge in [-0.3, -0.25) is 9.59 Å². The van der Waals surface area contributed by atoms with Crippen LogP contribution in [0.15, 0.2) is 30.3 Å². The first-order valence-electron chi connectivity index (χ1n) is 9.59. The van der Waals surface area contributed by atoms with Gasteiger partial charge in [-0.2, -0.15) is 0 Å². The molecule has 2 amide bonds. The average molecular weight is 361 g/mol. The maximum atomic E-state index is 12.3. The van der Waals surface area contributed by atoms with Crippen molar-refractivity contribution < 1.29 is 14.3 Å². The van der Waals surface area contributed by atoms with Gasteiger partial charge in [-0.15, -0.1) is 0 Å². The van der Waals surface area contributed by atoms with Crippen molar-refractivity contribution in [3.63, 3.8) is 0 Å². The molecule has 0 spiro atoms. The van der Waals surface area contributed by atoms with E-state index >= 15 is 0 Å². The van der Waals surface area contributed by atoms with Crippen LogP contribution in [-0.4, -0.2) is 78.9 Å². The quantitative estimate of drug-likeness (QED) is 0.674. The molecule has 1 aliphatic heterocycles. The number of carbonyl (C=O) groups is 2. The zero-order valence-electron chi connectivity index (χ0n) is 16.0. The lowest BCUT2D eigenvalue weighted by Gasteiger charge is -2.35. The Morgan fingerprint density at radius 1 is 0.923 bits per heavy atom. The molecule has 6 nitrogen and oxygen atoms in total. The number of piperazine rings is 1. The molecule has 1 aromatic carbocycles. The van der Waals surface area contributed by atoms with Crippen molar-refractivity contribution >= 4 is 11.8 Å². The Labute approximate surface area is 156 Å². The van der Waals surface area contributed by atoms with Gasteiger partial charge >= 0.3 is 0 Å². The van der Waals surface area contributed by atoms with E-state index in [2.05, 4.69) is 18.7 Å². The van der Waals surface area contributed by atoms with Gasteiger partial charge in [0.2, 0.25) is 11.8 Å². The standard InChI is InChI=1S/C20H31N3O3/c1-3-21(4-2)12-10-19(24)22-13-15-23(16-14-22)20(25)11-17-26-18-8-6-5-7-9-18/h5-9H,3-4,10-17H2,1-2H3. The molecule has 0 saturated carbocycles. The molecule has 0 aromatic heterocycles. The third-order valence-corrected chi connectivity index (χ3v) is 4.85. The molecule has 1 aliphatic rings. The first-order chi connectivity index (χ1) is 12.6. The van der Waals surface area contributed by atoms with Gasteiger partial charge in [0, 0.05) is 39.1 Å². The van der Waals surface area contributed by atoms with Crippen molar-refractivity contribution in [2.24, 2.45) is 0 Å². The molecule has 0 unspecified atom stereocenters. The highest BCUT2D eigenvalue weighted by Gasteiger charge is 2.23. The molecule has 1 aromatic rings. The lowest BCUT2D eigenvalue weighted by molar-refractivity contribution is -0.140. The smallest absolute Gasteiger partial charge is 0.226 e. The molecule has 0 N–H and O–H groups in total. The van der Waals surface area contributed by atoms with Crippen LogP contribution in [0, 0.1) is 0 Å². The number of amides is 2. The molecule has 1 fully saturated rings. The maximum Gasteiger partial charge on any atom is 0.226 e. The van der Waals surface area contributed by atoms with Gasteiger partial charge in [-0.05, 0) is 25.2 Å². The fourth-order valence-corrected chi connectivity index (χ4v) is 3.09. The first kappa shape index (κ1) is 20.2. The molecule has 2 rings (SSSR count). The molecular formula is C20H31N3O3. The Balaban J connectivity index is 1.65.